The molecule has 0 unspecified atom stereocenters. The maximum absolute atomic E-state index is 12.0. The lowest BCUT2D eigenvalue weighted by molar-refractivity contribution is -0.136. The molecular formula is C20H25N3O2. The number of carbonyl (C=O) groups is 2. The lowest BCUT2D eigenvalue weighted by atomic mass is 10.1. The van der Waals surface area contributed by atoms with Crippen molar-refractivity contribution in [3.05, 3.63) is 59.7 Å². The minimum absolute atomic E-state index is 0.328. The SMILES string of the molecule is CCN(CC)c1ccc(NC(=O)C(=O)NCc2cccc(C)c2)cc1. The molecule has 0 heterocycles. The van der Waals surface area contributed by atoms with E-state index < -0.39 is 11.8 Å². The quantitative estimate of drug-likeness (QED) is 0.795. The van der Waals surface area contributed by atoms with Gasteiger partial charge in [0.1, 0.15) is 0 Å². The maximum atomic E-state index is 12.0. The molecule has 0 aromatic heterocycles. The van der Waals surface area contributed by atoms with Crippen molar-refractivity contribution in [2.75, 3.05) is 23.3 Å². The van der Waals surface area contributed by atoms with Gasteiger partial charge in [0.25, 0.3) is 0 Å². The van der Waals surface area contributed by atoms with Crippen LogP contribution in [0.2, 0.25) is 0 Å². The predicted molar refractivity (Wildman–Crippen MR) is 102 cm³/mol. The summed E-state index contributed by atoms with van der Waals surface area (Å²) >= 11 is 0. The molecule has 0 radical (unpaired) electrons. The molecule has 0 saturated heterocycles. The second kappa shape index (κ2) is 8.87. The van der Waals surface area contributed by atoms with Crippen LogP contribution < -0.4 is 15.5 Å². The standard InChI is InChI=1S/C20H25N3O2/c1-4-23(5-2)18-11-9-17(10-12-18)22-20(25)19(24)21-14-16-8-6-7-15(3)13-16/h6-13H,4-5,14H2,1-3H3,(H,21,24)(H,22,25). The molecular weight excluding hydrogens is 314 g/mol. The number of amides is 2. The molecule has 5 nitrogen and oxygen atoms in total. The molecule has 0 spiro atoms. The largest absolute Gasteiger partial charge is 0.372 e. The van der Waals surface area contributed by atoms with E-state index in [0.717, 1.165) is 29.9 Å². The fourth-order valence-electron chi connectivity index (χ4n) is 2.62. The lowest BCUT2D eigenvalue weighted by Crippen LogP contribution is -2.35. The molecule has 2 aromatic rings. The zero-order valence-electron chi connectivity index (χ0n) is 15.0. The normalized spacial score (nSPS) is 10.2. The van der Waals surface area contributed by atoms with Crippen molar-refractivity contribution in [3.8, 4) is 0 Å². The number of nitrogens with zero attached hydrogens (tertiary/aromatic N) is 1. The van der Waals surface area contributed by atoms with Gasteiger partial charge in [-0.25, -0.2) is 0 Å². The van der Waals surface area contributed by atoms with Crippen LogP contribution in [-0.4, -0.2) is 24.9 Å². The average Bonchev–Trinajstić information content (AvgIpc) is 2.62. The number of rotatable bonds is 6. The molecule has 25 heavy (non-hydrogen) atoms. The molecule has 0 atom stereocenters. The third kappa shape index (κ3) is 5.35. The highest BCUT2D eigenvalue weighted by Gasteiger charge is 2.13. The molecule has 2 N–H and O–H groups in total. The maximum Gasteiger partial charge on any atom is 0.313 e. The summed E-state index contributed by atoms with van der Waals surface area (Å²) in [4.78, 5) is 26.1. The van der Waals surface area contributed by atoms with Crippen molar-refractivity contribution in [1.29, 1.82) is 0 Å². The molecule has 0 bridgehead atoms. The van der Waals surface area contributed by atoms with Crippen molar-refractivity contribution >= 4 is 23.2 Å². The van der Waals surface area contributed by atoms with Crippen molar-refractivity contribution in [2.24, 2.45) is 0 Å². The Morgan fingerprint density at radius 1 is 0.960 bits per heavy atom. The fraction of sp³-hybridized carbons (Fsp3) is 0.300. The number of anilines is 2. The third-order valence-corrected chi connectivity index (χ3v) is 4.00. The van der Waals surface area contributed by atoms with Gasteiger partial charge in [-0.05, 0) is 50.6 Å². The summed E-state index contributed by atoms with van der Waals surface area (Å²) in [5.41, 5.74) is 3.77. The van der Waals surface area contributed by atoms with Crippen LogP contribution in [0.15, 0.2) is 48.5 Å². The monoisotopic (exact) mass is 339 g/mol. The van der Waals surface area contributed by atoms with Gasteiger partial charge in [-0.2, -0.15) is 0 Å². The lowest BCUT2D eigenvalue weighted by Gasteiger charge is -2.21. The summed E-state index contributed by atoms with van der Waals surface area (Å²) in [5, 5.41) is 5.26. The van der Waals surface area contributed by atoms with E-state index in [4.69, 9.17) is 0 Å². The molecule has 0 aliphatic carbocycles. The summed E-state index contributed by atoms with van der Waals surface area (Å²) in [6.45, 7) is 8.34. The van der Waals surface area contributed by atoms with E-state index in [1.165, 1.54) is 0 Å². The Morgan fingerprint density at radius 2 is 1.64 bits per heavy atom. The highest BCUT2D eigenvalue weighted by molar-refractivity contribution is 6.39. The number of nitrogens with one attached hydrogen (secondary N) is 2. The van der Waals surface area contributed by atoms with Crippen LogP contribution >= 0.6 is 0 Å². The Kier molecular flexibility index (Phi) is 6.57. The minimum Gasteiger partial charge on any atom is -0.372 e. The first-order valence-corrected chi connectivity index (χ1v) is 8.53. The van der Waals surface area contributed by atoms with Gasteiger partial charge in [0, 0.05) is 31.0 Å². The fourth-order valence-corrected chi connectivity index (χ4v) is 2.62. The topological polar surface area (TPSA) is 61.4 Å². The Bertz CT molecular complexity index is 722. The van der Waals surface area contributed by atoms with Gasteiger partial charge in [0.05, 0.1) is 0 Å². The molecule has 0 fully saturated rings. The molecule has 2 aromatic carbocycles. The van der Waals surface area contributed by atoms with Gasteiger partial charge in [-0.3, -0.25) is 9.59 Å². The molecule has 132 valence electrons. The van der Waals surface area contributed by atoms with Gasteiger partial charge in [0.15, 0.2) is 0 Å². The second-order valence-corrected chi connectivity index (χ2v) is 5.85. The van der Waals surface area contributed by atoms with Gasteiger partial charge < -0.3 is 15.5 Å². The zero-order chi connectivity index (χ0) is 18.2. The van der Waals surface area contributed by atoms with E-state index in [9.17, 15) is 9.59 Å². The number of hydrogen-bond acceptors (Lipinski definition) is 3. The highest BCUT2D eigenvalue weighted by Crippen LogP contribution is 2.17. The zero-order valence-corrected chi connectivity index (χ0v) is 15.0. The van der Waals surface area contributed by atoms with Crippen LogP contribution in [0, 0.1) is 6.92 Å². The van der Waals surface area contributed by atoms with E-state index in [0.29, 0.717) is 12.2 Å². The number of carbonyl (C=O) groups excluding carboxylic acids is 2. The summed E-state index contributed by atoms with van der Waals surface area (Å²) in [6.07, 6.45) is 0. The minimum atomic E-state index is -0.664. The second-order valence-electron chi connectivity index (χ2n) is 5.85. The number of aryl methyl sites for hydroxylation is 1. The highest BCUT2D eigenvalue weighted by atomic mass is 16.2. The Balaban J connectivity index is 1.89. The van der Waals surface area contributed by atoms with Gasteiger partial charge >= 0.3 is 11.8 Å². The first-order chi connectivity index (χ1) is 12.0. The van der Waals surface area contributed by atoms with Crippen molar-refractivity contribution in [3.63, 3.8) is 0 Å². The molecule has 0 aliphatic rings. The molecule has 2 rings (SSSR count). The van der Waals surface area contributed by atoms with E-state index in [2.05, 4.69) is 29.4 Å². The van der Waals surface area contributed by atoms with Gasteiger partial charge in [-0.1, -0.05) is 29.8 Å². The van der Waals surface area contributed by atoms with E-state index in [-0.39, 0.29) is 0 Å². The van der Waals surface area contributed by atoms with E-state index in [1.54, 1.807) is 12.1 Å². The van der Waals surface area contributed by atoms with Crippen LogP contribution in [-0.2, 0) is 16.1 Å². The molecule has 0 saturated carbocycles. The molecule has 0 aliphatic heterocycles. The van der Waals surface area contributed by atoms with Crippen LogP contribution in [0.3, 0.4) is 0 Å². The Labute approximate surface area is 149 Å². The van der Waals surface area contributed by atoms with Crippen LogP contribution in [0.25, 0.3) is 0 Å². The first kappa shape index (κ1) is 18.5. The molecule has 2 amide bonds. The number of benzene rings is 2. The Morgan fingerprint density at radius 3 is 2.24 bits per heavy atom. The summed E-state index contributed by atoms with van der Waals surface area (Å²) in [7, 11) is 0. The van der Waals surface area contributed by atoms with Crippen LogP contribution in [0.4, 0.5) is 11.4 Å². The van der Waals surface area contributed by atoms with Gasteiger partial charge in [0.2, 0.25) is 0 Å². The van der Waals surface area contributed by atoms with Crippen molar-refractivity contribution in [2.45, 2.75) is 27.3 Å². The predicted octanol–water partition coefficient (Wildman–Crippen LogP) is 3.10. The van der Waals surface area contributed by atoms with Crippen molar-refractivity contribution in [1.82, 2.24) is 5.32 Å². The summed E-state index contributed by atoms with van der Waals surface area (Å²) in [5.74, 6) is -1.31. The number of hydrogen-bond donors (Lipinski definition) is 2. The third-order valence-electron chi connectivity index (χ3n) is 4.00. The Hall–Kier alpha value is -2.82. The van der Waals surface area contributed by atoms with Crippen LogP contribution in [0.1, 0.15) is 25.0 Å². The van der Waals surface area contributed by atoms with E-state index in [1.807, 2.05) is 43.3 Å². The van der Waals surface area contributed by atoms with E-state index >= 15 is 0 Å². The first-order valence-electron chi connectivity index (χ1n) is 8.53. The summed E-state index contributed by atoms with van der Waals surface area (Å²) < 4.78 is 0. The van der Waals surface area contributed by atoms with Crippen molar-refractivity contribution < 1.29 is 9.59 Å². The smallest absolute Gasteiger partial charge is 0.313 e. The summed E-state index contributed by atoms with van der Waals surface area (Å²) in [6, 6.07) is 15.3. The van der Waals surface area contributed by atoms with Crippen LogP contribution in [0.5, 0.6) is 0 Å². The average molecular weight is 339 g/mol. The molecule has 5 heteroatoms. The van der Waals surface area contributed by atoms with Gasteiger partial charge in [-0.15, -0.1) is 0 Å².